The Hall–Kier alpha value is -1.06. The summed E-state index contributed by atoms with van der Waals surface area (Å²) >= 11 is 0. The molecular weight excluding hydrogens is 248 g/mol. The lowest BCUT2D eigenvalue weighted by Gasteiger charge is -2.11. The Bertz CT molecular complexity index is 387. The predicted molar refractivity (Wildman–Crippen MR) is 77.0 cm³/mol. The van der Waals surface area contributed by atoms with Gasteiger partial charge in [0.1, 0.15) is 0 Å². The number of nitrogens with one attached hydrogen (secondary N) is 2. The Kier molecular flexibility index (Phi) is 5.63. The summed E-state index contributed by atoms with van der Waals surface area (Å²) in [5, 5.41) is 6.07. The third-order valence-corrected chi connectivity index (χ3v) is 3.35. The highest BCUT2D eigenvalue weighted by molar-refractivity contribution is 5.92. The molecule has 0 heterocycles. The van der Waals surface area contributed by atoms with Gasteiger partial charge in [0.25, 0.3) is 0 Å². The van der Waals surface area contributed by atoms with Crippen LogP contribution in [-0.4, -0.2) is 13.0 Å². The molecule has 1 aromatic carbocycles. The van der Waals surface area contributed by atoms with Gasteiger partial charge in [0.15, 0.2) is 0 Å². The molecule has 0 bridgehead atoms. The van der Waals surface area contributed by atoms with E-state index in [1.54, 1.807) is 0 Å². The van der Waals surface area contributed by atoms with Crippen molar-refractivity contribution in [3.05, 3.63) is 29.8 Å². The topological polar surface area (TPSA) is 41.1 Å². The Morgan fingerprint density at radius 3 is 2.44 bits per heavy atom. The van der Waals surface area contributed by atoms with Crippen molar-refractivity contribution in [2.75, 3.05) is 12.4 Å². The first-order valence-corrected chi connectivity index (χ1v) is 6.25. The Balaban J connectivity index is 0.00000162. The van der Waals surface area contributed by atoms with Gasteiger partial charge in [0, 0.05) is 18.2 Å². The van der Waals surface area contributed by atoms with Crippen molar-refractivity contribution in [1.29, 1.82) is 0 Å². The summed E-state index contributed by atoms with van der Waals surface area (Å²) in [7, 11) is 1.92. The van der Waals surface area contributed by atoms with E-state index in [9.17, 15) is 4.79 Å². The maximum atomic E-state index is 11.9. The van der Waals surface area contributed by atoms with Crippen molar-refractivity contribution in [2.24, 2.45) is 11.8 Å². The number of carbonyl (C=O) groups excluding carboxylic acids is 1. The van der Waals surface area contributed by atoms with E-state index in [1.807, 2.05) is 38.2 Å². The minimum Gasteiger partial charge on any atom is -0.326 e. The molecule has 0 saturated heterocycles. The van der Waals surface area contributed by atoms with Gasteiger partial charge in [-0.3, -0.25) is 4.79 Å². The van der Waals surface area contributed by atoms with Crippen LogP contribution in [0.4, 0.5) is 5.69 Å². The maximum Gasteiger partial charge on any atom is 0.227 e. The summed E-state index contributed by atoms with van der Waals surface area (Å²) in [4.78, 5) is 11.9. The zero-order valence-electron chi connectivity index (χ0n) is 10.9. The van der Waals surface area contributed by atoms with E-state index in [4.69, 9.17) is 0 Å². The second-order valence-electron chi connectivity index (χ2n) is 4.84. The number of anilines is 1. The molecule has 0 spiro atoms. The first-order chi connectivity index (χ1) is 8.20. The third kappa shape index (κ3) is 4.00. The Morgan fingerprint density at radius 1 is 1.33 bits per heavy atom. The highest BCUT2D eigenvalue weighted by atomic mass is 35.5. The molecule has 1 aliphatic rings. The van der Waals surface area contributed by atoms with Crippen LogP contribution in [0.2, 0.25) is 0 Å². The molecule has 1 aliphatic carbocycles. The van der Waals surface area contributed by atoms with Gasteiger partial charge in [-0.1, -0.05) is 19.1 Å². The number of halogens is 1. The zero-order valence-corrected chi connectivity index (χ0v) is 11.7. The fourth-order valence-electron chi connectivity index (χ4n) is 1.98. The molecule has 4 heteroatoms. The number of carbonyl (C=O) groups is 1. The van der Waals surface area contributed by atoms with Crippen molar-refractivity contribution in [2.45, 2.75) is 26.3 Å². The van der Waals surface area contributed by atoms with E-state index in [0.29, 0.717) is 5.92 Å². The van der Waals surface area contributed by atoms with Crippen LogP contribution in [0.25, 0.3) is 0 Å². The Morgan fingerprint density at radius 2 is 1.94 bits per heavy atom. The minimum atomic E-state index is 0. The van der Waals surface area contributed by atoms with Crippen molar-refractivity contribution >= 4 is 24.0 Å². The first kappa shape index (κ1) is 15.0. The largest absolute Gasteiger partial charge is 0.326 e. The predicted octanol–water partition coefficient (Wildman–Crippen LogP) is 2.81. The lowest BCUT2D eigenvalue weighted by Crippen LogP contribution is -2.21. The second-order valence-corrected chi connectivity index (χ2v) is 4.84. The summed E-state index contributed by atoms with van der Waals surface area (Å²) in [6.45, 7) is 2.87. The van der Waals surface area contributed by atoms with Crippen LogP contribution in [-0.2, 0) is 11.3 Å². The number of amides is 1. The summed E-state index contributed by atoms with van der Waals surface area (Å²) in [6, 6.07) is 8.00. The van der Waals surface area contributed by atoms with Gasteiger partial charge in [-0.25, -0.2) is 0 Å². The summed E-state index contributed by atoms with van der Waals surface area (Å²) in [6.07, 6.45) is 2.41. The molecule has 3 nitrogen and oxygen atoms in total. The zero-order chi connectivity index (χ0) is 12.3. The highest BCUT2D eigenvalue weighted by Gasteiger charge is 2.32. The molecule has 2 N–H and O–H groups in total. The van der Waals surface area contributed by atoms with Crippen LogP contribution in [0.5, 0.6) is 0 Å². The first-order valence-electron chi connectivity index (χ1n) is 6.25. The molecule has 1 aromatic rings. The molecule has 1 unspecified atom stereocenters. The summed E-state index contributed by atoms with van der Waals surface area (Å²) in [5.74, 6) is 0.902. The van der Waals surface area contributed by atoms with Gasteiger partial charge in [-0.15, -0.1) is 12.4 Å². The molecule has 1 atom stereocenters. The van der Waals surface area contributed by atoms with Crippen LogP contribution >= 0.6 is 12.4 Å². The van der Waals surface area contributed by atoms with Crippen LogP contribution in [0.15, 0.2) is 24.3 Å². The van der Waals surface area contributed by atoms with E-state index >= 15 is 0 Å². The average molecular weight is 269 g/mol. The third-order valence-electron chi connectivity index (χ3n) is 3.35. The Labute approximate surface area is 115 Å². The fourth-order valence-corrected chi connectivity index (χ4v) is 1.98. The molecule has 1 saturated carbocycles. The number of hydrogen-bond donors (Lipinski definition) is 2. The van der Waals surface area contributed by atoms with Crippen LogP contribution in [0, 0.1) is 11.8 Å². The SMILES string of the molecule is CNCc1ccc(NC(=O)C(C)C2CC2)cc1.Cl. The lowest BCUT2D eigenvalue weighted by molar-refractivity contribution is -0.119. The van der Waals surface area contributed by atoms with Gasteiger partial charge >= 0.3 is 0 Å². The highest BCUT2D eigenvalue weighted by Crippen LogP contribution is 2.37. The fraction of sp³-hybridized carbons (Fsp3) is 0.500. The van der Waals surface area contributed by atoms with E-state index in [-0.39, 0.29) is 24.2 Å². The lowest BCUT2D eigenvalue weighted by atomic mass is 10.1. The second kappa shape index (κ2) is 6.76. The average Bonchev–Trinajstić information content (AvgIpc) is 3.15. The molecule has 100 valence electrons. The quantitative estimate of drug-likeness (QED) is 0.862. The summed E-state index contributed by atoms with van der Waals surface area (Å²) < 4.78 is 0. The van der Waals surface area contributed by atoms with Crippen LogP contribution in [0.1, 0.15) is 25.3 Å². The van der Waals surface area contributed by atoms with E-state index in [0.717, 1.165) is 12.2 Å². The van der Waals surface area contributed by atoms with Gasteiger partial charge in [-0.2, -0.15) is 0 Å². The van der Waals surface area contributed by atoms with Crippen molar-refractivity contribution < 1.29 is 4.79 Å². The molecule has 2 rings (SSSR count). The molecule has 0 radical (unpaired) electrons. The number of benzene rings is 1. The summed E-state index contributed by atoms with van der Waals surface area (Å²) in [5.41, 5.74) is 2.11. The van der Waals surface area contributed by atoms with Gasteiger partial charge in [0.05, 0.1) is 0 Å². The van der Waals surface area contributed by atoms with E-state index < -0.39 is 0 Å². The van der Waals surface area contributed by atoms with Crippen molar-refractivity contribution in [3.63, 3.8) is 0 Å². The molecule has 18 heavy (non-hydrogen) atoms. The monoisotopic (exact) mass is 268 g/mol. The molecule has 1 amide bonds. The van der Waals surface area contributed by atoms with Crippen molar-refractivity contribution in [3.8, 4) is 0 Å². The number of rotatable bonds is 5. The van der Waals surface area contributed by atoms with Gasteiger partial charge in [0.2, 0.25) is 5.91 Å². The maximum absolute atomic E-state index is 11.9. The molecule has 0 aliphatic heterocycles. The van der Waals surface area contributed by atoms with E-state index in [1.165, 1.54) is 18.4 Å². The standard InChI is InChI=1S/C14H20N2O.ClH/c1-10(12-5-6-12)14(17)16-13-7-3-11(4-8-13)9-15-2;/h3-4,7-8,10,12,15H,5-6,9H2,1-2H3,(H,16,17);1H. The van der Waals surface area contributed by atoms with Gasteiger partial charge in [-0.05, 0) is 43.5 Å². The van der Waals surface area contributed by atoms with E-state index in [2.05, 4.69) is 10.6 Å². The van der Waals surface area contributed by atoms with Gasteiger partial charge < -0.3 is 10.6 Å². The normalized spacial score (nSPS) is 15.7. The molecular formula is C14H21ClN2O. The minimum absolute atomic E-state index is 0. The smallest absolute Gasteiger partial charge is 0.227 e. The van der Waals surface area contributed by atoms with Crippen LogP contribution in [0.3, 0.4) is 0 Å². The number of hydrogen-bond acceptors (Lipinski definition) is 2. The van der Waals surface area contributed by atoms with Crippen molar-refractivity contribution in [1.82, 2.24) is 5.32 Å². The molecule has 1 fully saturated rings. The molecule has 0 aromatic heterocycles. The van der Waals surface area contributed by atoms with Crippen LogP contribution < -0.4 is 10.6 Å².